The van der Waals surface area contributed by atoms with Crippen LogP contribution in [0.1, 0.15) is 40.5 Å². The fraction of sp³-hybridized carbons (Fsp3) is 1.00. The van der Waals surface area contributed by atoms with E-state index in [2.05, 4.69) is 19.2 Å². The minimum atomic E-state index is -0.597. The summed E-state index contributed by atoms with van der Waals surface area (Å²) in [6.07, 6.45) is 1.77. The van der Waals surface area contributed by atoms with Crippen LogP contribution < -0.4 is 5.32 Å². The van der Waals surface area contributed by atoms with Gasteiger partial charge < -0.3 is 15.2 Å². The van der Waals surface area contributed by atoms with Gasteiger partial charge in [0.05, 0.1) is 5.60 Å². The van der Waals surface area contributed by atoms with Crippen LogP contribution in [0.3, 0.4) is 0 Å². The molecule has 0 aliphatic rings. The van der Waals surface area contributed by atoms with E-state index in [1.807, 2.05) is 13.8 Å². The largest absolute Gasteiger partial charge is 0.389 e. The lowest BCUT2D eigenvalue weighted by Crippen LogP contribution is -2.44. The molecule has 0 radical (unpaired) electrons. The summed E-state index contributed by atoms with van der Waals surface area (Å²) < 4.78 is 5.08. The summed E-state index contributed by atoms with van der Waals surface area (Å²) in [4.78, 5) is 0. The van der Waals surface area contributed by atoms with Crippen LogP contribution in [0.25, 0.3) is 0 Å². The third kappa shape index (κ3) is 6.88. The molecule has 2 unspecified atom stereocenters. The van der Waals surface area contributed by atoms with Gasteiger partial charge in [-0.05, 0) is 25.7 Å². The average molecular weight is 217 g/mol. The van der Waals surface area contributed by atoms with Crippen molar-refractivity contribution in [3.05, 3.63) is 0 Å². The summed E-state index contributed by atoms with van der Waals surface area (Å²) in [5.74, 6) is 0.563. The van der Waals surface area contributed by atoms with Gasteiger partial charge in [0.25, 0.3) is 0 Å². The van der Waals surface area contributed by atoms with E-state index in [-0.39, 0.29) is 0 Å². The molecule has 0 saturated carbocycles. The molecule has 0 fully saturated rings. The van der Waals surface area contributed by atoms with Crippen molar-refractivity contribution in [2.24, 2.45) is 5.92 Å². The van der Waals surface area contributed by atoms with Gasteiger partial charge in [0, 0.05) is 26.3 Å². The van der Waals surface area contributed by atoms with Gasteiger partial charge in [-0.1, -0.05) is 20.8 Å². The molecule has 0 bridgehead atoms. The Kier molecular flexibility index (Phi) is 7.14. The molecule has 0 aliphatic heterocycles. The lowest BCUT2D eigenvalue weighted by molar-refractivity contribution is 0.0490. The molecule has 0 aliphatic carbocycles. The molecule has 0 heterocycles. The molecule has 2 atom stereocenters. The van der Waals surface area contributed by atoms with Crippen LogP contribution in [0.15, 0.2) is 0 Å². The zero-order valence-corrected chi connectivity index (χ0v) is 10.8. The van der Waals surface area contributed by atoms with E-state index >= 15 is 0 Å². The van der Waals surface area contributed by atoms with Crippen molar-refractivity contribution < 1.29 is 9.84 Å². The Morgan fingerprint density at radius 1 is 1.40 bits per heavy atom. The molecule has 0 saturated heterocycles. The van der Waals surface area contributed by atoms with Crippen molar-refractivity contribution in [3.8, 4) is 0 Å². The first kappa shape index (κ1) is 14.9. The highest BCUT2D eigenvalue weighted by Crippen LogP contribution is 2.10. The molecule has 2 N–H and O–H groups in total. The monoisotopic (exact) mass is 217 g/mol. The summed E-state index contributed by atoms with van der Waals surface area (Å²) in [6.45, 7) is 9.66. The van der Waals surface area contributed by atoms with Gasteiger partial charge in [-0.15, -0.1) is 0 Å². The second-order valence-corrected chi connectivity index (χ2v) is 4.86. The number of rotatable bonds is 8. The first-order valence-corrected chi connectivity index (χ1v) is 5.87. The number of methoxy groups -OCH3 is 1. The summed E-state index contributed by atoms with van der Waals surface area (Å²) >= 11 is 0. The van der Waals surface area contributed by atoms with Crippen LogP contribution in [-0.2, 0) is 4.74 Å². The Labute approximate surface area is 94.2 Å². The quantitative estimate of drug-likeness (QED) is 0.651. The van der Waals surface area contributed by atoms with Crippen LogP contribution in [-0.4, -0.2) is 37.0 Å². The number of hydrogen-bond acceptors (Lipinski definition) is 3. The normalized spacial score (nSPS) is 17.8. The molecular formula is C12H27NO2. The number of nitrogens with one attached hydrogen (secondary N) is 1. The van der Waals surface area contributed by atoms with E-state index in [1.165, 1.54) is 0 Å². The molecule has 0 rings (SSSR count). The Morgan fingerprint density at radius 3 is 2.40 bits per heavy atom. The molecule has 3 heteroatoms. The van der Waals surface area contributed by atoms with Crippen LogP contribution >= 0.6 is 0 Å². The maximum atomic E-state index is 9.89. The third-order valence-electron chi connectivity index (χ3n) is 2.94. The standard InChI is InChI=1S/C12H27NO2/c1-6-12(4,14)9-13-11(10(2)3)7-8-15-5/h10-11,13-14H,6-9H2,1-5H3. The minimum Gasteiger partial charge on any atom is -0.389 e. The molecule has 15 heavy (non-hydrogen) atoms. The van der Waals surface area contributed by atoms with Crippen molar-refractivity contribution in [1.82, 2.24) is 5.32 Å². The van der Waals surface area contributed by atoms with Gasteiger partial charge in [-0.25, -0.2) is 0 Å². The lowest BCUT2D eigenvalue weighted by Gasteiger charge is -2.28. The second-order valence-electron chi connectivity index (χ2n) is 4.86. The van der Waals surface area contributed by atoms with Crippen LogP contribution in [0.4, 0.5) is 0 Å². The van der Waals surface area contributed by atoms with E-state index in [9.17, 15) is 5.11 Å². The molecule has 0 aromatic heterocycles. The van der Waals surface area contributed by atoms with Crippen molar-refractivity contribution in [2.45, 2.75) is 52.2 Å². The molecule has 0 amide bonds. The number of aliphatic hydroxyl groups is 1. The Balaban J connectivity index is 3.95. The highest BCUT2D eigenvalue weighted by atomic mass is 16.5. The molecule has 0 aromatic carbocycles. The summed E-state index contributed by atoms with van der Waals surface area (Å²) in [7, 11) is 1.72. The lowest BCUT2D eigenvalue weighted by atomic mass is 9.98. The first-order chi connectivity index (χ1) is 6.93. The minimum absolute atomic E-state index is 0.419. The van der Waals surface area contributed by atoms with Crippen molar-refractivity contribution in [3.63, 3.8) is 0 Å². The number of hydrogen-bond donors (Lipinski definition) is 2. The fourth-order valence-electron chi connectivity index (χ4n) is 1.39. The summed E-state index contributed by atoms with van der Waals surface area (Å²) in [5, 5.41) is 13.3. The average Bonchev–Trinajstić information content (AvgIpc) is 2.17. The van der Waals surface area contributed by atoms with E-state index in [0.29, 0.717) is 18.5 Å². The molecule has 92 valence electrons. The van der Waals surface area contributed by atoms with E-state index in [1.54, 1.807) is 7.11 Å². The van der Waals surface area contributed by atoms with Crippen LogP contribution in [0.5, 0.6) is 0 Å². The molecule has 0 spiro atoms. The fourth-order valence-corrected chi connectivity index (χ4v) is 1.39. The van der Waals surface area contributed by atoms with Gasteiger partial charge in [0.2, 0.25) is 0 Å². The third-order valence-corrected chi connectivity index (χ3v) is 2.94. The second kappa shape index (κ2) is 7.20. The predicted octanol–water partition coefficient (Wildman–Crippen LogP) is 1.80. The van der Waals surface area contributed by atoms with Crippen molar-refractivity contribution in [2.75, 3.05) is 20.3 Å². The smallest absolute Gasteiger partial charge is 0.0741 e. The van der Waals surface area contributed by atoms with Gasteiger partial charge in [-0.3, -0.25) is 0 Å². The van der Waals surface area contributed by atoms with Crippen molar-refractivity contribution >= 4 is 0 Å². The highest BCUT2D eigenvalue weighted by molar-refractivity contribution is 4.78. The first-order valence-electron chi connectivity index (χ1n) is 5.87. The SMILES string of the molecule is CCC(C)(O)CNC(CCOC)C(C)C. The molecule has 0 aromatic rings. The van der Waals surface area contributed by atoms with Crippen LogP contribution in [0, 0.1) is 5.92 Å². The van der Waals surface area contributed by atoms with Gasteiger partial charge in [-0.2, -0.15) is 0 Å². The van der Waals surface area contributed by atoms with E-state index in [4.69, 9.17) is 4.74 Å². The maximum absolute atomic E-state index is 9.89. The molecule has 3 nitrogen and oxygen atoms in total. The highest BCUT2D eigenvalue weighted by Gasteiger charge is 2.20. The topological polar surface area (TPSA) is 41.5 Å². The summed E-state index contributed by atoms with van der Waals surface area (Å²) in [5.41, 5.74) is -0.597. The maximum Gasteiger partial charge on any atom is 0.0741 e. The zero-order chi connectivity index (χ0) is 11.9. The van der Waals surface area contributed by atoms with E-state index < -0.39 is 5.60 Å². The Hall–Kier alpha value is -0.120. The van der Waals surface area contributed by atoms with E-state index in [0.717, 1.165) is 19.4 Å². The molecular weight excluding hydrogens is 190 g/mol. The zero-order valence-electron chi connectivity index (χ0n) is 10.8. The predicted molar refractivity (Wildman–Crippen MR) is 64.0 cm³/mol. The van der Waals surface area contributed by atoms with Crippen LogP contribution in [0.2, 0.25) is 0 Å². The Morgan fingerprint density at radius 2 is 2.00 bits per heavy atom. The Bertz CT molecular complexity index is 158. The summed E-state index contributed by atoms with van der Waals surface area (Å²) in [6, 6.07) is 0.419. The number of ether oxygens (including phenoxy) is 1. The van der Waals surface area contributed by atoms with Gasteiger partial charge >= 0.3 is 0 Å². The van der Waals surface area contributed by atoms with Gasteiger partial charge in [0.1, 0.15) is 0 Å². The van der Waals surface area contributed by atoms with Crippen molar-refractivity contribution in [1.29, 1.82) is 0 Å². The van der Waals surface area contributed by atoms with Gasteiger partial charge in [0.15, 0.2) is 0 Å².